The Kier molecular flexibility index (Phi) is 8.56. The fraction of sp³-hybridized carbons (Fsp3) is 0.562. The van der Waals surface area contributed by atoms with E-state index in [-0.39, 0.29) is 6.10 Å². The van der Waals surface area contributed by atoms with E-state index in [1.54, 1.807) is 0 Å². The third-order valence-electron chi connectivity index (χ3n) is 3.05. The van der Waals surface area contributed by atoms with Crippen LogP contribution in [0.1, 0.15) is 19.4 Å². The molecule has 1 aromatic carbocycles. The van der Waals surface area contributed by atoms with Crippen LogP contribution in [0.25, 0.3) is 0 Å². The standard InChI is InChI=1S/C16H28N4O3S/c1-5-17-16(18-10-11-20-24(4,21)22)19-12-14(3)23-15-9-7-6-8-13(15)2/h6-9,14,20H,5,10-12H2,1-4H3,(H2,17,18,19). The summed E-state index contributed by atoms with van der Waals surface area (Å²) in [5, 5.41) is 6.20. The Labute approximate surface area is 145 Å². The van der Waals surface area contributed by atoms with Gasteiger partial charge in [0.05, 0.1) is 12.8 Å². The van der Waals surface area contributed by atoms with Crippen molar-refractivity contribution in [3.05, 3.63) is 29.8 Å². The lowest BCUT2D eigenvalue weighted by Crippen LogP contribution is -2.41. The summed E-state index contributed by atoms with van der Waals surface area (Å²) in [5.74, 6) is 1.49. The molecule has 0 fully saturated rings. The van der Waals surface area contributed by atoms with Gasteiger partial charge in [0.15, 0.2) is 5.96 Å². The number of sulfonamides is 1. The summed E-state index contributed by atoms with van der Waals surface area (Å²) < 4.78 is 30.3. The topological polar surface area (TPSA) is 91.8 Å². The number of nitrogens with zero attached hydrogens (tertiary/aromatic N) is 1. The highest BCUT2D eigenvalue weighted by Crippen LogP contribution is 2.17. The molecular weight excluding hydrogens is 328 g/mol. The Morgan fingerprint density at radius 1 is 1.25 bits per heavy atom. The number of nitrogens with one attached hydrogen (secondary N) is 3. The molecule has 0 aliphatic rings. The lowest BCUT2D eigenvalue weighted by molar-refractivity contribution is 0.228. The van der Waals surface area contributed by atoms with Crippen molar-refractivity contribution in [2.24, 2.45) is 4.99 Å². The predicted octanol–water partition coefficient (Wildman–Crippen LogP) is 0.867. The minimum absolute atomic E-state index is 0.0734. The zero-order chi connectivity index (χ0) is 18.0. The van der Waals surface area contributed by atoms with Gasteiger partial charge < -0.3 is 15.4 Å². The largest absolute Gasteiger partial charge is 0.489 e. The molecule has 0 aromatic heterocycles. The van der Waals surface area contributed by atoms with Crippen LogP contribution >= 0.6 is 0 Å². The highest BCUT2D eigenvalue weighted by molar-refractivity contribution is 7.88. The summed E-state index contributed by atoms with van der Waals surface area (Å²) in [7, 11) is -3.17. The molecule has 0 saturated carbocycles. The SMILES string of the molecule is CCNC(=NCC(C)Oc1ccccc1C)NCCNS(C)(=O)=O. The maximum atomic E-state index is 11.0. The van der Waals surface area contributed by atoms with Crippen LogP contribution in [0.5, 0.6) is 5.75 Å². The van der Waals surface area contributed by atoms with Gasteiger partial charge in [0.25, 0.3) is 0 Å². The number of hydrogen-bond donors (Lipinski definition) is 3. The number of benzene rings is 1. The van der Waals surface area contributed by atoms with Crippen molar-refractivity contribution < 1.29 is 13.2 Å². The van der Waals surface area contributed by atoms with Gasteiger partial charge >= 0.3 is 0 Å². The van der Waals surface area contributed by atoms with Crippen LogP contribution < -0.4 is 20.1 Å². The minimum Gasteiger partial charge on any atom is -0.489 e. The van der Waals surface area contributed by atoms with Crippen molar-refractivity contribution in [1.82, 2.24) is 15.4 Å². The molecule has 0 heterocycles. The van der Waals surface area contributed by atoms with E-state index in [2.05, 4.69) is 20.3 Å². The molecule has 0 amide bonds. The zero-order valence-electron chi connectivity index (χ0n) is 14.8. The third-order valence-corrected chi connectivity index (χ3v) is 3.78. The Morgan fingerprint density at radius 2 is 1.96 bits per heavy atom. The van der Waals surface area contributed by atoms with Crippen LogP contribution in [0.3, 0.4) is 0 Å². The predicted molar refractivity (Wildman–Crippen MR) is 98.1 cm³/mol. The van der Waals surface area contributed by atoms with Gasteiger partial charge in [-0.1, -0.05) is 18.2 Å². The number of ether oxygens (including phenoxy) is 1. The molecule has 0 aliphatic heterocycles. The molecule has 7 nitrogen and oxygen atoms in total. The molecule has 0 saturated heterocycles. The number of rotatable bonds is 9. The van der Waals surface area contributed by atoms with Crippen LogP contribution in [0, 0.1) is 6.92 Å². The van der Waals surface area contributed by atoms with E-state index in [4.69, 9.17) is 4.74 Å². The van der Waals surface area contributed by atoms with Crippen molar-refractivity contribution in [3.8, 4) is 5.75 Å². The van der Waals surface area contributed by atoms with Gasteiger partial charge in [0.1, 0.15) is 11.9 Å². The van der Waals surface area contributed by atoms with E-state index in [1.807, 2.05) is 45.0 Å². The fourth-order valence-electron chi connectivity index (χ4n) is 1.92. The van der Waals surface area contributed by atoms with Gasteiger partial charge in [-0.3, -0.25) is 0 Å². The average Bonchev–Trinajstić information content (AvgIpc) is 2.50. The number of guanidine groups is 1. The van der Waals surface area contributed by atoms with Gasteiger partial charge in [-0.25, -0.2) is 18.1 Å². The first-order valence-corrected chi connectivity index (χ1v) is 9.90. The van der Waals surface area contributed by atoms with E-state index >= 15 is 0 Å². The molecule has 0 spiro atoms. The van der Waals surface area contributed by atoms with Gasteiger partial charge in [-0.15, -0.1) is 0 Å². The van der Waals surface area contributed by atoms with Gasteiger partial charge in [0.2, 0.25) is 10.0 Å². The van der Waals surface area contributed by atoms with Crippen LogP contribution in [0.4, 0.5) is 0 Å². The highest BCUT2D eigenvalue weighted by atomic mass is 32.2. The summed E-state index contributed by atoms with van der Waals surface area (Å²) in [6, 6.07) is 7.86. The summed E-state index contributed by atoms with van der Waals surface area (Å²) >= 11 is 0. The Hall–Kier alpha value is -1.80. The quantitative estimate of drug-likeness (QED) is 0.347. The molecule has 1 aromatic rings. The average molecular weight is 356 g/mol. The normalized spacial score (nSPS) is 13.4. The van der Waals surface area contributed by atoms with Crippen molar-refractivity contribution in [3.63, 3.8) is 0 Å². The van der Waals surface area contributed by atoms with Gasteiger partial charge in [-0.2, -0.15) is 0 Å². The minimum atomic E-state index is -3.17. The fourth-order valence-corrected chi connectivity index (χ4v) is 2.39. The smallest absolute Gasteiger partial charge is 0.208 e. The molecule has 1 atom stereocenters. The highest BCUT2D eigenvalue weighted by Gasteiger charge is 2.06. The second kappa shape index (κ2) is 10.1. The molecule has 8 heteroatoms. The molecule has 0 radical (unpaired) electrons. The second-order valence-electron chi connectivity index (χ2n) is 5.51. The number of hydrogen-bond acceptors (Lipinski definition) is 4. The van der Waals surface area contributed by atoms with Crippen LogP contribution in [0.15, 0.2) is 29.3 Å². The molecule has 0 aliphatic carbocycles. The summed E-state index contributed by atoms with van der Waals surface area (Å²) in [6.45, 7) is 7.90. The lowest BCUT2D eigenvalue weighted by atomic mass is 10.2. The molecule has 1 unspecified atom stereocenters. The molecule has 24 heavy (non-hydrogen) atoms. The van der Waals surface area contributed by atoms with Crippen molar-refractivity contribution in [2.45, 2.75) is 26.9 Å². The van der Waals surface area contributed by atoms with E-state index in [1.165, 1.54) is 0 Å². The Bertz CT molecular complexity index is 632. The molecule has 0 bridgehead atoms. The van der Waals surface area contributed by atoms with Crippen LogP contribution in [-0.2, 0) is 10.0 Å². The maximum absolute atomic E-state index is 11.0. The van der Waals surface area contributed by atoms with Gasteiger partial charge in [-0.05, 0) is 32.4 Å². The lowest BCUT2D eigenvalue weighted by Gasteiger charge is -2.16. The van der Waals surface area contributed by atoms with Crippen LogP contribution in [-0.4, -0.2) is 52.9 Å². The van der Waals surface area contributed by atoms with E-state index in [0.717, 1.165) is 24.1 Å². The summed E-state index contributed by atoms with van der Waals surface area (Å²) in [6.07, 6.45) is 1.06. The summed E-state index contributed by atoms with van der Waals surface area (Å²) in [5.41, 5.74) is 1.09. The third kappa shape index (κ3) is 8.73. The molecule has 136 valence electrons. The number of para-hydroxylation sites is 1. The monoisotopic (exact) mass is 356 g/mol. The van der Waals surface area contributed by atoms with Gasteiger partial charge in [0, 0.05) is 19.6 Å². The molecule has 3 N–H and O–H groups in total. The first-order valence-electron chi connectivity index (χ1n) is 8.01. The molecule has 1 rings (SSSR count). The zero-order valence-corrected chi connectivity index (χ0v) is 15.6. The van der Waals surface area contributed by atoms with E-state index in [0.29, 0.717) is 25.6 Å². The first-order chi connectivity index (χ1) is 11.3. The van der Waals surface area contributed by atoms with Crippen molar-refractivity contribution in [1.29, 1.82) is 0 Å². The van der Waals surface area contributed by atoms with Crippen molar-refractivity contribution in [2.75, 3.05) is 32.4 Å². The second-order valence-corrected chi connectivity index (χ2v) is 7.34. The van der Waals surface area contributed by atoms with Crippen molar-refractivity contribution >= 4 is 16.0 Å². The Balaban J connectivity index is 2.47. The van der Waals surface area contributed by atoms with E-state index < -0.39 is 10.0 Å². The summed E-state index contributed by atoms with van der Waals surface area (Å²) in [4.78, 5) is 4.47. The van der Waals surface area contributed by atoms with E-state index in [9.17, 15) is 8.42 Å². The maximum Gasteiger partial charge on any atom is 0.208 e. The number of aliphatic imine (C=N–C) groups is 1. The number of aryl methyl sites for hydroxylation is 1. The van der Waals surface area contributed by atoms with Crippen LogP contribution in [0.2, 0.25) is 0 Å². The Morgan fingerprint density at radius 3 is 2.58 bits per heavy atom. The molecular formula is C16H28N4O3S. The first kappa shape index (κ1) is 20.2.